The van der Waals surface area contributed by atoms with E-state index in [1.807, 2.05) is 30.3 Å². The van der Waals surface area contributed by atoms with Gasteiger partial charge in [0.25, 0.3) is 11.8 Å². The zero-order chi connectivity index (χ0) is 20.2. The van der Waals surface area contributed by atoms with E-state index >= 15 is 0 Å². The molecule has 29 heavy (non-hydrogen) atoms. The van der Waals surface area contributed by atoms with E-state index in [1.54, 1.807) is 53.1 Å². The van der Waals surface area contributed by atoms with Crippen LogP contribution in [0, 0.1) is 0 Å². The van der Waals surface area contributed by atoms with E-state index < -0.39 is 5.91 Å². The van der Waals surface area contributed by atoms with E-state index in [9.17, 15) is 9.59 Å². The van der Waals surface area contributed by atoms with Crippen molar-refractivity contribution in [1.29, 1.82) is 0 Å². The Morgan fingerprint density at radius 1 is 1.03 bits per heavy atom. The van der Waals surface area contributed by atoms with Crippen molar-refractivity contribution in [1.82, 2.24) is 15.4 Å². The summed E-state index contributed by atoms with van der Waals surface area (Å²) in [7, 11) is 0. The Kier molecular flexibility index (Phi) is 5.22. The van der Waals surface area contributed by atoms with Crippen molar-refractivity contribution in [2.45, 2.75) is 12.6 Å². The second-order valence-electron chi connectivity index (χ2n) is 6.67. The largest absolute Gasteiger partial charge is 0.491 e. The molecule has 3 aromatic rings. The lowest BCUT2D eigenvalue weighted by atomic mass is 10.0. The van der Waals surface area contributed by atoms with Crippen molar-refractivity contribution in [3.63, 3.8) is 0 Å². The fraction of sp³-hybridized carbons (Fsp3) is 0.136. The number of hydroxylamine groups is 1. The first kappa shape index (κ1) is 18.6. The van der Waals surface area contributed by atoms with E-state index in [1.165, 1.54) is 0 Å². The molecule has 0 radical (unpaired) electrons. The maximum Gasteiger partial charge on any atom is 0.274 e. The minimum Gasteiger partial charge on any atom is -0.491 e. The summed E-state index contributed by atoms with van der Waals surface area (Å²) in [5, 5.41) is 8.88. The lowest BCUT2D eigenvalue weighted by Gasteiger charge is -2.29. The van der Waals surface area contributed by atoms with Gasteiger partial charge in [-0.3, -0.25) is 19.8 Å². The number of ether oxygens (including phenoxy) is 1. The third kappa shape index (κ3) is 3.81. The number of hydrogen-bond donors (Lipinski definition) is 2. The molecule has 1 aliphatic rings. The van der Waals surface area contributed by atoms with Gasteiger partial charge in [-0.1, -0.05) is 36.4 Å². The number of aromatic nitrogens is 1. The van der Waals surface area contributed by atoms with Crippen LogP contribution >= 0.6 is 0 Å². The molecule has 7 heteroatoms. The Morgan fingerprint density at radius 2 is 1.79 bits per heavy atom. The maximum absolute atomic E-state index is 13.3. The van der Waals surface area contributed by atoms with Crippen LogP contribution in [0.15, 0.2) is 73.1 Å². The third-order valence-corrected chi connectivity index (χ3v) is 4.92. The molecule has 0 aliphatic carbocycles. The Bertz CT molecular complexity index is 1020. The standard InChI is InChI=1S/C22H19N3O4/c26-21(24-28)17-6-7-18-13-25(22(27)16-8-10-23-11-9-16)19(14-29-20(18)12-17)15-4-2-1-3-5-15/h1-12,19,28H,13-14H2,(H,24,26). The van der Waals surface area contributed by atoms with Gasteiger partial charge in [0, 0.05) is 29.1 Å². The molecule has 1 atom stereocenters. The van der Waals surface area contributed by atoms with Crippen molar-refractivity contribution in [2.75, 3.05) is 6.61 Å². The maximum atomic E-state index is 13.3. The first-order chi connectivity index (χ1) is 14.2. The topological polar surface area (TPSA) is 91.8 Å². The zero-order valence-corrected chi connectivity index (χ0v) is 15.5. The highest BCUT2D eigenvalue weighted by Gasteiger charge is 2.31. The molecule has 2 N–H and O–H groups in total. The van der Waals surface area contributed by atoms with Gasteiger partial charge in [0.2, 0.25) is 0 Å². The van der Waals surface area contributed by atoms with Crippen LogP contribution in [-0.4, -0.2) is 33.5 Å². The summed E-state index contributed by atoms with van der Waals surface area (Å²) in [6.45, 7) is 0.551. The number of pyridine rings is 1. The second kappa shape index (κ2) is 8.12. The van der Waals surface area contributed by atoms with Gasteiger partial charge in [0.05, 0.1) is 12.6 Å². The highest BCUT2D eigenvalue weighted by atomic mass is 16.5. The number of nitrogens with zero attached hydrogens (tertiary/aromatic N) is 2. The molecule has 1 aliphatic heterocycles. The molecule has 0 fully saturated rings. The van der Waals surface area contributed by atoms with Gasteiger partial charge < -0.3 is 9.64 Å². The molecule has 0 saturated carbocycles. The van der Waals surface area contributed by atoms with Gasteiger partial charge in [-0.2, -0.15) is 0 Å². The summed E-state index contributed by atoms with van der Waals surface area (Å²) in [5.41, 5.74) is 4.17. The molecule has 0 bridgehead atoms. The number of hydrogen-bond acceptors (Lipinski definition) is 5. The summed E-state index contributed by atoms with van der Waals surface area (Å²) >= 11 is 0. The minimum absolute atomic E-state index is 0.130. The number of amides is 2. The van der Waals surface area contributed by atoms with Gasteiger partial charge in [-0.25, -0.2) is 5.48 Å². The summed E-state index contributed by atoms with van der Waals surface area (Å²) in [6, 6.07) is 17.7. The van der Waals surface area contributed by atoms with Gasteiger partial charge in [0.15, 0.2) is 0 Å². The fourth-order valence-electron chi connectivity index (χ4n) is 3.40. The average molecular weight is 389 g/mol. The first-order valence-corrected chi connectivity index (χ1v) is 9.13. The Balaban J connectivity index is 1.74. The highest BCUT2D eigenvalue weighted by molar-refractivity contribution is 5.95. The molecule has 2 aromatic carbocycles. The number of nitrogens with one attached hydrogen (secondary N) is 1. The zero-order valence-electron chi connectivity index (χ0n) is 15.5. The number of carbonyl (C=O) groups excluding carboxylic acids is 2. The van der Waals surface area contributed by atoms with E-state index in [4.69, 9.17) is 9.94 Å². The molecular weight excluding hydrogens is 370 g/mol. The lowest BCUT2D eigenvalue weighted by Crippen LogP contribution is -2.35. The first-order valence-electron chi connectivity index (χ1n) is 9.13. The quantitative estimate of drug-likeness (QED) is 0.531. The van der Waals surface area contributed by atoms with Crippen LogP contribution in [0.5, 0.6) is 5.75 Å². The summed E-state index contributed by atoms with van der Waals surface area (Å²) in [6.07, 6.45) is 3.18. The van der Waals surface area contributed by atoms with Crippen molar-refractivity contribution in [3.8, 4) is 5.75 Å². The molecule has 146 valence electrons. The molecule has 4 rings (SSSR count). The van der Waals surface area contributed by atoms with E-state index in [2.05, 4.69) is 4.98 Å². The predicted molar refractivity (Wildman–Crippen MR) is 104 cm³/mol. The lowest BCUT2D eigenvalue weighted by molar-refractivity contribution is 0.0621. The van der Waals surface area contributed by atoms with E-state index in [-0.39, 0.29) is 24.1 Å². The van der Waals surface area contributed by atoms with Crippen LogP contribution in [0.3, 0.4) is 0 Å². The van der Waals surface area contributed by atoms with Crippen molar-refractivity contribution >= 4 is 11.8 Å². The molecule has 0 spiro atoms. The summed E-state index contributed by atoms with van der Waals surface area (Å²) in [4.78, 5) is 30.8. The molecule has 1 aromatic heterocycles. The third-order valence-electron chi connectivity index (χ3n) is 4.92. The monoisotopic (exact) mass is 389 g/mol. The highest BCUT2D eigenvalue weighted by Crippen LogP contribution is 2.33. The molecule has 2 heterocycles. The predicted octanol–water partition coefficient (Wildman–Crippen LogP) is 2.98. The van der Waals surface area contributed by atoms with Crippen LogP contribution < -0.4 is 10.2 Å². The van der Waals surface area contributed by atoms with Crippen molar-refractivity contribution in [2.24, 2.45) is 0 Å². The van der Waals surface area contributed by atoms with Gasteiger partial charge in [-0.05, 0) is 29.8 Å². The Hall–Kier alpha value is -3.71. The summed E-state index contributed by atoms with van der Waals surface area (Å²) in [5.74, 6) is -0.239. The van der Waals surface area contributed by atoms with Crippen LogP contribution in [0.1, 0.15) is 37.9 Å². The second-order valence-corrected chi connectivity index (χ2v) is 6.67. The molecule has 1 unspecified atom stereocenters. The van der Waals surface area contributed by atoms with Gasteiger partial charge in [0.1, 0.15) is 12.4 Å². The minimum atomic E-state index is -0.620. The van der Waals surface area contributed by atoms with Crippen LogP contribution in [-0.2, 0) is 6.54 Å². The number of fused-ring (bicyclic) bond motifs is 1. The van der Waals surface area contributed by atoms with Crippen LogP contribution in [0.4, 0.5) is 0 Å². The summed E-state index contributed by atoms with van der Waals surface area (Å²) < 4.78 is 6.00. The Morgan fingerprint density at radius 3 is 2.52 bits per heavy atom. The number of carbonyl (C=O) groups is 2. The SMILES string of the molecule is O=C(NO)c1ccc2c(c1)OCC(c1ccccc1)N(C(=O)c1ccncc1)C2. The number of benzene rings is 2. The van der Waals surface area contributed by atoms with Crippen LogP contribution in [0.25, 0.3) is 0 Å². The van der Waals surface area contributed by atoms with E-state index in [0.29, 0.717) is 17.9 Å². The fourth-order valence-corrected chi connectivity index (χ4v) is 3.40. The van der Waals surface area contributed by atoms with E-state index in [0.717, 1.165) is 11.1 Å². The number of rotatable bonds is 3. The smallest absolute Gasteiger partial charge is 0.274 e. The van der Waals surface area contributed by atoms with Gasteiger partial charge >= 0.3 is 0 Å². The van der Waals surface area contributed by atoms with Crippen molar-refractivity contribution in [3.05, 3.63) is 95.3 Å². The van der Waals surface area contributed by atoms with Crippen molar-refractivity contribution < 1.29 is 19.5 Å². The van der Waals surface area contributed by atoms with Gasteiger partial charge in [-0.15, -0.1) is 0 Å². The molecule has 2 amide bonds. The Labute approximate surface area is 167 Å². The molecular formula is C22H19N3O4. The normalized spacial score (nSPS) is 15.6. The molecule has 0 saturated heterocycles. The van der Waals surface area contributed by atoms with Crippen LogP contribution in [0.2, 0.25) is 0 Å². The molecule has 7 nitrogen and oxygen atoms in total. The average Bonchev–Trinajstić information content (AvgIpc) is 2.98.